The van der Waals surface area contributed by atoms with E-state index in [1.54, 1.807) is 0 Å². The van der Waals surface area contributed by atoms with Gasteiger partial charge in [-0.25, -0.2) is 4.57 Å². The Labute approximate surface area is 52.5 Å². The largest absolute Gasteiger partial charge is 0.490 e. The first-order valence-electron chi connectivity index (χ1n) is 1.70. The molecular formula is C2H6ClO4P. The van der Waals surface area contributed by atoms with Gasteiger partial charge >= 0.3 is 7.82 Å². The molecule has 0 aromatic heterocycles. The molecule has 0 aromatic carbocycles. The van der Waals surface area contributed by atoms with Gasteiger partial charge in [-0.1, -0.05) is 0 Å². The molecule has 0 atom stereocenters. The fourth-order valence-electron chi connectivity index (χ4n) is 0.131. The van der Waals surface area contributed by atoms with Crippen LogP contribution in [0.2, 0.25) is 0 Å². The lowest BCUT2D eigenvalue weighted by molar-refractivity contribution is 0.216. The topological polar surface area (TPSA) is 44.8 Å². The summed E-state index contributed by atoms with van der Waals surface area (Å²) in [5.41, 5.74) is 0. The van der Waals surface area contributed by atoms with E-state index in [9.17, 15) is 4.57 Å². The standard InChI is InChI=1S/C2H6ClO4P/c1-5-8(4,6-2)7-3/h1-2H3. The van der Waals surface area contributed by atoms with E-state index < -0.39 is 7.82 Å². The molecule has 0 rings (SSSR count). The summed E-state index contributed by atoms with van der Waals surface area (Å²) in [6.07, 6.45) is 0. The molecule has 0 heterocycles. The van der Waals surface area contributed by atoms with Gasteiger partial charge in [0.05, 0.1) is 11.9 Å². The van der Waals surface area contributed by atoms with Crippen molar-refractivity contribution in [3.8, 4) is 0 Å². The first kappa shape index (κ1) is 8.40. The predicted molar refractivity (Wildman–Crippen MR) is 28.6 cm³/mol. The molecule has 0 amide bonds. The molecule has 8 heavy (non-hydrogen) atoms. The first-order valence-corrected chi connectivity index (χ1v) is 3.47. The number of halogens is 1. The van der Waals surface area contributed by atoms with Gasteiger partial charge in [0.25, 0.3) is 0 Å². The van der Waals surface area contributed by atoms with Gasteiger partial charge in [-0.3, -0.25) is 9.05 Å². The van der Waals surface area contributed by atoms with Gasteiger partial charge in [0.15, 0.2) is 0 Å². The summed E-state index contributed by atoms with van der Waals surface area (Å²) in [5.74, 6) is 0. The molecule has 0 spiro atoms. The average molecular weight is 160 g/mol. The SMILES string of the molecule is COP(=O)(OC)OCl. The Balaban J connectivity index is 3.79. The fourth-order valence-corrected chi connectivity index (χ4v) is 0.731. The zero-order valence-corrected chi connectivity index (χ0v) is 6.11. The monoisotopic (exact) mass is 160 g/mol. The minimum Gasteiger partial charge on any atom is -0.289 e. The van der Waals surface area contributed by atoms with Crippen molar-refractivity contribution in [2.45, 2.75) is 0 Å². The minimum absolute atomic E-state index is 1.17. The zero-order valence-electron chi connectivity index (χ0n) is 4.46. The Bertz CT molecular complexity index is 85.2. The van der Waals surface area contributed by atoms with Crippen LogP contribution in [0.15, 0.2) is 0 Å². The van der Waals surface area contributed by atoms with Crippen LogP contribution >= 0.6 is 19.7 Å². The maximum absolute atomic E-state index is 10.5. The van der Waals surface area contributed by atoms with E-state index >= 15 is 0 Å². The van der Waals surface area contributed by atoms with Crippen LogP contribution in [0, 0.1) is 0 Å². The third-order valence-corrected chi connectivity index (χ3v) is 2.10. The summed E-state index contributed by atoms with van der Waals surface area (Å²) < 4.78 is 22.8. The average Bonchev–Trinajstić information content (AvgIpc) is 1.87. The van der Waals surface area contributed by atoms with Crippen LogP contribution < -0.4 is 0 Å². The van der Waals surface area contributed by atoms with Gasteiger partial charge < -0.3 is 0 Å². The van der Waals surface area contributed by atoms with Crippen molar-refractivity contribution >= 4 is 19.7 Å². The molecule has 0 aliphatic heterocycles. The van der Waals surface area contributed by atoms with Crippen LogP contribution in [0.3, 0.4) is 0 Å². The number of rotatable bonds is 3. The van der Waals surface area contributed by atoms with Crippen molar-refractivity contribution in [1.82, 2.24) is 0 Å². The molecule has 0 aromatic rings. The van der Waals surface area contributed by atoms with Crippen molar-refractivity contribution in [2.75, 3.05) is 14.2 Å². The molecule has 0 aliphatic rings. The van der Waals surface area contributed by atoms with E-state index in [0.29, 0.717) is 0 Å². The third-order valence-electron chi connectivity index (χ3n) is 0.532. The lowest BCUT2D eigenvalue weighted by Crippen LogP contribution is -1.85. The maximum atomic E-state index is 10.5. The second-order valence-corrected chi connectivity index (χ2v) is 3.06. The van der Waals surface area contributed by atoms with Gasteiger partial charge in [0.2, 0.25) is 0 Å². The Morgan fingerprint density at radius 1 is 1.38 bits per heavy atom. The molecule has 0 N–H and O–H groups in total. The van der Waals surface area contributed by atoms with Crippen molar-refractivity contribution in [3.05, 3.63) is 0 Å². The van der Waals surface area contributed by atoms with Crippen molar-refractivity contribution in [3.63, 3.8) is 0 Å². The lowest BCUT2D eigenvalue weighted by atomic mass is 11.8. The van der Waals surface area contributed by atoms with Crippen molar-refractivity contribution in [1.29, 1.82) is 0 Å². The third kappa shape index (κ3) is 2.11. The summed E-state index contributed by atoms with van der Waals surface area (Å²) in [4.78, 5) is 0. The van der Waals surface area contributed by atoms with E-state index in [1.165, 1.54) is 14.2 Å². The van der Waals surface area contributed by atoms with Crippen molar-refractivity contribution in [2.24, 2.45) is 0 Å². The molecule has 0 saturated carbocycles. The van der Waals surface area contributed by atoms with Crippen LogP contribution in [0.5, 0.6) is 0 Å². The highest BCUT2D eigenvalue weighted by atomic mass is 35.5. The Hall–Kier alpha value is 0.400. The molecule has 4 nitrogen and oxygen atoms in total. The summed E-state index contributed by atoms with van der Waals surface area (Å²) in [6, 6.07) is 0. The van der Waals surface area contributed by atoms with Crippen LogP contribution in [0.4, 0.5) is 0 Å². The highest BCUT2D eigenvalue weighted by Gasteiger charge is 2.21. The molecule has 0 radical (unpaired) electrons. The molecule has 0 saturated heterocycles. The van der Waals surface area contributed by atoms with E-state index in [0.717, 1.165) is 0 Å². The van der Waals surface area contributed by atoms with Gasteiger partial charge in [-0.2, -0.15) is 4.08 Å². The Morgan fingerprint density at radius 2 is 1.75 bits per heavy atom. The second-order valence-electron chi connectivity index (χ2n) is 0.881. The highest BCUT2D eigenvalue weighted by molar-refractivity contribution is 7.49. The van der Waals surface area contributed by atoms with Gasteiger partial charge in [0.1, 0.15) is 0 Å². The first-order chi connectivity index (χ1) is 3.68. The second kappa shape index (κ2) is 3.43. The van der Waals surface area contributed by atoms with E-state index in [2.05, 4.69) is 13.1 Å². The lowest BCUT2D eigenvalue weighted by Gasteiger charge is -2.05. The molecule has 50 valence electrons. The van der Waals surface area contributed by atoms with Crippen molar-refractivity contribution < 1.29 is 17.7 Å². The quantitative estimate of drug-likeness (QED) is 0.588. The van der Waals surface area contributed by atoms with Crippen LogP contribution in [-0.4, -0.2) is 14.2 Å². The highest BCUT2D eigenvalue weighted by Crippen LogP contribution is 2.48. The van der Waals surface area contributed by atoms with Crippen LogP contribution in [0.1, 0.15) is 0 Å². The van der Waals surface area contributed by atoms with Gasteiger partial charge in [-0.15, -0.1) is 0 Å². The smallest absolute Gasteiger partial charge is 0.289 e. The van der Waals surface area contributed by atoms with E-state index in [-0.39, 0.29) is 0 Å². The number of phosphoric ester groups is 1. The van der Waals surface area contributed by atoms with Crippen LogP contribution in [-0.2, 0) is 17.7 Å². The normalized spacial score (nSPS) is 11.9. The Kier molecular flexibility index (Phi) is 3.60. The zero-order chi connectivity index (χ0) is 6.62. The molecule has 0 fully saturated rings. The summed E-state index contributed by atoms with van der Waals surface area (Å²) in [5, 5.41) is 0. The molecular weight excluding hydrogens is 154 g/mol. The Morgan fingerprint density at radius 3 is 1.75 bits per heavy atom. The number of hydrogen-bond acceptors (Lipinski definition) is 4. The minimum atomic E-state index is -3.40. The molecule has 0 aliphatic carbocycles. The summed E-state index contributed by atoms with van der Waals surface area (Å²) in [6.45, 7) is 0. The maximum Gasteiger partial charge on any atom is 0.490 e. The molecule has 0 unspecified atom stereocenters. The van der Waals surface area contributed by atoms with Gasteiger partial charge in [-0.05, 0) is 0 Å². The fraction of sp³-hybridized carbons (Fsp3) is 1.00. The molecule has 0 bridgehead atoms. The van der Waals surface area contributed by atoms with Gasteiger partial charge in [0, 0.05) is 14.2 Å². The van der Waals surface area contributed by atoms with E-state index in [1.807, 2.05) is 0 Å². The predicted octanol–water partition coefficient (Wildman–Crippen LogP) is 1.56. The molecule has 6 heteroatoms. The van der Waals surface area contributed by atoms with Crippen LogP contribution in [0.25, 0.3) is 0 Å². The summed E-state index contributed by atoms with van der Waals surface area (Å²) in [7, 11) is -1.05. The summed E-state index contributed by atoms with van der Waals surface area (Å²) >= 11 is 4.70. The van der Waals surface area contributed by atoms with E-state index in [4.69, 9.17) is 11.9 Å². The number of phosphoric acid groups is 1. The number of hydrogen-bond donors (Lipinski definition) is 0.